The maximum Gasteiger partial charge on any atom is 0.139 e. The van der Waals surface area contributed by atoms with Crippen molar-refractivity contribution in [3.8, 4) is 16.9 Å². The van der Waals surface area contributed by atoms with Crippen LogP contribution in [0.4, 0.5) is 0 Å². The molecule has 5 rings (SSSR count). The molecule has 1 atom stereocenters. The van der Waals surface area contributed by atoms with Crippen LogP contribution in [-0.4, -0.2) is 17.9 Å². The average Bonchev–Trinajstić information content (AvgIpc) is 3.13. The van der Waals surface area contributed by atoms with E-state index in [0.29, 0.717) is 5.84 Å². The second-order valence-corrected chi connectivity index (χ2v) is 7.30. The van der Waals surface area contributed by atoms with Crippen molar-refractivity contribution in [2.75, 3.05) is 7.11 Å². The molecule has 0 aliphatic carbocycles. The summed E-state index contributed by atoms with van der Waals surface area (Å²) in [7, 11) is 1.68. The molecule has 0 radical (unpaired) electrons. The first-order valence-corrected chi connectivity index (χ1v) is 9.83. The van der Waals surface area contributed by atoms with Crippen LogP contribution in [0, 0.1) is 0 Å². The molecule has 146 valence electrons. The van der Waals surface area contributed by atoms with Gasteiger partial charge in [-0.15, -0.1) is 0 Å². The number of fused-ring (bicyclic) bond motifs is 1. The molecule has 30 heavy (non-hydrogen) atoms. The summed E-state index contributed by atoms with van der Waals surface area (Å²) >= 11 is 0. The fourth-order valence-corrected chi connectivity index (χ4v) is 4.25. The van der Waals surface area contributed by atoms with E-state index in [2.05, 4.69) is 41.4 Å². The van der Waals surface area contributed by atoms with Crippen molar-refractivity contribution in [1.29, 1.82) is 0 Å². The van der Waals surface area contributed by atoms with Crippen molar-refractivity contribution in [1.82, 2.24) is 4.98 Å². The Balaban J connectivity index is 1.76. The van der Waals surface area contributed by atoms with Gasteiger partial charge in [0, 0.05) is 18.0 Å². The zero-order chi connectivity index (χ0) is 20.6. The third-order valence-electron chi connectivity index (χ3n) is 5.66. The molecule has 0 saturated carbocycles. The van der Waals surface area contributed by atoms with E-state index in [0.717, 1.165) is 39.1 Å². The van der Waals surface area contributed by atoms with Crippen LogP contribution in [0.15, 0.2) is 102 Å². The lowest BCUT2D eigenvalue weighted by Crippen LogP contribution is -2.25. The minimum Gasteiger partial charge on any atom is -0.497 e. The first-order valence-electron chi connectivity index (χ1n) is 9.83. The Morgan fingerprint density at radius 2 is 1.50 bits per heavy atom. The molecule has 1 aromatic heterocycles. The number of benzene rings is 3. The van der Waals surface area contributed by atoms with Crippen LogP contribution < -0.4 is 10.5 Å². The topological polar surface area (TPSA) is 60.5 Å². The van der Waals surface area contributed by atoms with Gasteiger partial charge in [0.25, 0.3) is 0 Å². The van der Waals surface area contributed by atoms with E-state index in [1.165, 1.54) is 0 Å². The predicted octanol–water partition coefficient (Wildman–Crippen LogP) is 4.77. The summed E-state index contributed by atoms with van der Waals surface area (Å²) < 4.78 is 5.41. The Kier molecular flexibility index (Phi) is 4.32. The number of hydrogen-bond acceptors (Lipinski definition) is 4. The third kappa shape index (κ3) is 2.77. The number of methoxy groups -OCH3 is 1. The van der Waals surface area contributed by atoms with Gasteiger partial charge in [-0.05, 0) is 58.1 Å². The molecule has 1 unspecified atom stereocenters. The Morgan fingerprint density at radius 1 is 0.767 bits per heavy atom. The Hall–Kier alpha value is -3.92. The highest BCUT2D eigenvalue weighted by molar-refractivity contribution is 6.03. The van der Waals surface area contributed by atoms with E-state index >= 15 is 0 Å². The molecule has 0 amide bonds. The first-order chi connectivity index (χ1) is 14.7. The Morgan fingerprint density at radius 3 is 2.30 bits per heavy atom. The summed E-state index contributed by atoms with van der Waals surface area (Å²) in [6, 6.07) is 28.7. The molecule has 0 fully saturated rings. The number of aliphatic imine (C=N–C) groups is 1. The Labute approximate surface area is 175 Å². The number of amidine groups is 1. The molecular formula is C26H21N3O. The van der Waals surface area contributed by atoms with Gasteiger partial charge in [-0.25, -0.2) is 4.99 Å². The van der Waals surface area contributed by atoms with E-state index in [-0.39, 0.29) is 0 Å². The molecule has 4 nitrogen and oxygen atoms in total. The number of ether oxygens (including phenoxy) is 1. The molecule has 1 aliphatic heterocycles. The smallest absolute Gasteiger partial charge is 0.139 e. The summed E-state index contributed by atoms with van der Waals surface area (Å²) in [6.45, 7) is 0. The maximum atomic E-state index is 6.40. The minimum atomic E-state index is -0.710. The molecule has 0 bridgehead atoms. The fraction of sp³-hybridized carbons (Fsp3) is 0.0769. The predicted molar refractivity (Wildman–Crippen MR) is 120 cm³/mol. The standard InChI is InChI=1S/C26H21N3O/c1-30-22-9-5-7-19(17-22)18-6-4-8-21(16-18)26(20-12-14-28-15-13-20)24-11-3-2-10-23(24)25(27)29-26/h2-17H,1H3,(H2,27,29). The number of hydrogen-bond donors (Lipinski definition) is 1. The summed E-state index contributed by atoms with van der Waals surface area (Å²) in [4.78, 5) is 9.25. The number of pyridine rings is 1. The van der Waals surface area contributed by atoms with Gasteiger partial charge in [0.05, 0.1) is 7.11 Å². The van der Waals surface area contributed by atoms with Crippen molar-refractivity contribution in [2.24, 2.45) is 10.7 Å². The van der Waals surface area contributed by atoms with Gasteiger partial charge in [0.1, 0.15) is 17.1 Å². The second-order valence-electron chi connectivity index (χ2n) is 7.30. The van der Waals surface area contributed by atoms with Crippen molar-refractivity contribution in [2.45, 2.75) is 5.54 Å². The van der Waals surface area contributed by atoms with Gasteiger partial charge in [-0.2, -0.15) is 0 Å². The summed E-state index contributed by atoms with van der Waals surface area (Å²) in [5.74, 6) is 1.38. The molecule has 3 aromatic carbocycles. The van der Waals surface area contributed by atoms with Crippen LogP contribution in [0.2, 0.25) is 0 Å². The van der Waals surface area contributed by atoms with Crippen LogP contribution in [0.3, 0.4) is 0 Å². The number of rotatable bonds is 4. The van der Waals surface area contributed by atoms with E-state index in [1.807, 2.05) is 48.5 Å². The van der Waals surface area contributed by atoms with Crippen LogP contribution >= 0.6 is 0 Å². The normalized spacial score (nSPS) is 17.3. The SMILES string of the molecule is COc1cccc(-c2cccc(C3(c4ccncc4)N=C(N)c4ccccc43)c2)c1. The lowest BCUT2D eigenvalue weighted by molar-refractivity contribution is 0.415. The fourth-order valence-electron chi connectivity index (χ4n) is 4.25. The molecule has 0 saturated heterocycles. The van der Waals surface area contributed by atoms with Crippen molar-refractivity contribution in [3.63, 3.8) is 0 Å². The van der Waals surface area contributed by atoms with Gasteiger partial charge in [-0.1, -0.05) is 54.6 Å². The number of aromatic nitrogens is 1. The van der Waals surface area contributed by atoms with Gasteiger partial charge >= 0.3 is 0 Å². The molecular weight excluding hydrogens is 370 g/mol. The second kappa shape index (κ2) is 7.16. The van der Waals surface area contributed by atoms with Crippen LogP contribution in [0.25, 0.3) is 11.1 Å². The van der Waals surface area contributed by atoms with Crippen LogP contribution in [0.5, 0.6) is 5.75 Å². The van der Waals surface area contributed by atoms with E-state index < -0.39 is 5.54 Å². The van der Waals surface area contributed by atoms with E-state index in [1.54, 1.807) is 19.5 Å². The number of nitrogens with zero attached hydrogens (tertiary/aromatic N) is 2. The molecule has 4 heteroatoms. The van der Waals surface area contributed by atoms with Crippen molar-refractivity contribution in [3.05, 3.63) is 120 Å². The summed E-state index contributed by atoms with van der Waals surface area (Å²) in [5, 5.41) is 0. The maximum absolute atomic E-state index is 6.40. The van der Waals surface area contributed by atoms with Crippen molar-refractivity contribution >= 4 is 5.84 Å². The van der Waals surface area contributed by atoms with Crippen molar-refractivity contribution < 1.29 is 4.74 Å². The van der Waals surface area contributed by atoms with Gasteiger partial charge in [-0.3, -0.25) is 4.98 Å². The zero-order valence-electron chi connectivity index (χ0n) is 16.6. The van der Waals surface area contributed by atoms with E-state index in [4.69, 9.17) is 15.5 Å². The zero-order valence-corrected chi connectivity index (χ0v) is 16.6. The molecule has 0 spiro atoms. The minimum absolute atomic E-state index is 0.550. The molecule has 1 aliphatic rings. The molecule has 4 aromatic rings. The summed E-state index contributed by atoms with van der Waals surface area (Å²) in [6.07, 6.45) is 3.60. The average molecular weight is 391 g/mol. The van der Waals surface area contributed by atoms with Gasteiger partial charge < -0.3 is 10.5 Å². The highest BCUT2D eigenvalue weighted by atomic mass is 16.5. The van der Waals surface area contributed by atoms with Crippen LogP contribution in [0.1, 0.15) is 22.3 Å². The monoisotopic (exact) mass is 391 g/mol. The highest BCUT2D eigenvalue weighted by Crippen LogP contribution is 2.46. The lowest BCUT2D eigenvalue weighted by Gasteiger charge is -2.29. The Bertz CT molecular complexity index is 1250. The first kappa shape index (κ1) is 18.1. The largest absolute Gasteiger partial charge is 0.497 e. The van der Waals surface area contributed by atoms with Crippen LogP contribution in [-0.2, 0) is 5.54 Å². The highest BCUT2D eigenvalue weighted by Gasteiger charge is 2.42. The molecule has 2 N–H and O–H groups in total. The number of nitrogens with two attached hydrogens (primary N) is 1. The molecule has 2 heterocycles. The quantitative estimate of drug-likeness (QED) is 0.545. The summed E-state index contributed by atoms with van der Waals surface area (Å²) in [5.41, 5.74) is 12.0. The van der Waals surface area contributed by atoms with Gasteiger partial charge in [0.15, 0.2) is 0 Å². The lowest BCUT2D eigenvalue weighted by atomic mass is 9.77. The van der Waals surface area contributed by atoms with Gasteiger partial charge in [0.2, 0.25) is 0 Å². The van der Waals surface area contributed by atoms with E-state index in [9.17, 15) is 0 Å². The third-order valence-corrected chi connectivity index (χ3v) is 5.66.